The first-order valence-electron chi connectivity index (χ1n) is 8.00. The van der Waals surface area contributed by atoms with Crippen molar-refractivity contribution in [2.24, 2.45) is 0 Å². The lowest BCUT2D eigenvalue weighted by molar-refractivity contribution is -0.132. The predicted molar refractivity (Wildman–Crippen MR) is 90.4 cm³/mol. The van der Waals surface area contributed by atoms with Gasteiger partial charge in [-0.2, -0.15) is 0 Å². The standard InChI is InChI=1S/C18H20ClN3O/c19-16-4-1-14(2-5-16)3-6-18(23)22-11-7-15(8-12-22)17-13-20-9-10-21-17/h1-2,4-5,9-10,13,15H,3,6-8,11-12H2. The first-order valence-corrected chi connectivity index (χ1v) is 8.38. The molecule has 1 aliphatic heterocycles. The molecule has 1 aliphatic rings. The van der Waals surface area contributed by atoms with Crippen LogP contribution in [0.5, 0.6) is 0 Å². The summed E-state index contributed by atoms with van der Waals surface area (Å²) in [6.45, 7) is 1.61. The van der Waals surface area contributed by atoms with Gasteiger partial charge in [-0.15, -0.1) is 0 Å². The lowest BCUT2D eigenvalue weighted by Gasteiger charge is -2.31. The second kappa shape index (κ2) is 7.55. The Morgan fingerprint density at radius 3 is 2.57 bits per heavy atom. The number of carbonyl (C=O) groups excluding carboxylic acids is 1. The van der Waals surface area contributed by atoms with Crippen LogP contribution >= 0.6 is 11.6 Å². The summed E-state index contributed by atoms with van der Waals surface area (Å²) in [4.78, 5) is 22.8. The van der Waals surface area contributed by atoms with Gasteiger partial charge >= 0.3 is 0 Å². The van der Waals surface area contributed by atoms with Gasteiger partial charge in [0.2, 0.25) is 5.91 Å². The van der Waals surface area contributed by atoms with Crippen LogP contribution in [0.1, 0.15) is 36.4 Å². The van der Waals surface area contributed by atoms with E-state index in [9.17, 15) is 4.79 Å². The highest BCUT2D eigenvalue weighted by molar-refractivity contribution is 6.30. The van der Waals surface area contributed by atoms with E-state index in [2.05, 4.69) is 9.97 Å². The van der Waals surface area contributed by atoms with E-state index in [1.165, 1.54) is 0 Å². The summed E-state index contributed by atoms with van der Waals surface area (Å²) in [7, 11) is 0. The third kappa shape index (κ3) is 4.29. The molecule has 0 atom stereocenters. The quantitative estimate of drug-likeness (QED) is 0.862. The number of hydrogen-bond donors (Lipinski definition) is 0. The Morgan fingerprint density at radius 1 is 1.17 bits per heavy atom. The molecule has 0 bridgehead atoms. The third-order valence-corrected chi connectivity index (χ3v) is 4.64. The molecule has 4 nitrogen and oxygen atoms in total. The van der Waals surface area contributed by atoms with Gasteiger partial charge in [-0.3, -0.25) is 14.8 Å². The van der Waals surface area contributed by atoms with E-state index in [-0.39, 0.29) is 5.91 Å². The van der Waals surface area contributed by atoms with Gasteiger partial charge in [0.1, 0.15) is 0 Å². The maximum Gasteiger partial charge on any atom is 0.222 e. The molecule has 0 aliphatic carbocycles. The number of halogens is 1. The second-order valence-electron chi connectivity index (χ2n) is 5.91. The zero-order chi connectivity index (χ0) is 16.1. The molecule has 2 heterocycles. The number of benzene rings is 1. The molecule has 3 rings (SSSR count). The van der Waals surface area contributed by atoms with Crippen molar-refractivity contribution in [3.63, 3.8) is 0 Å². The molecule has 120 valence electrons. The number of piperidine rings is 1. The minimum Gasteiger partial charge on any atom is -0.343 e. The fourth-order valence-electron chi connectivity index (χ4n) is 3.01. The molecule has 1 amide bonds. The normalized spacial score (nSPS) is 15.6. The van der Waals surface area contributed by atoms with E-state index >= 15 is 0 Å². The number of likely N-dealkylation sites (tertiary alicyclic amines) is 1. The summed E-state index contributed by atoms with van der Waals surface area (Å²) < 4.78 is 0. The Hall–Kier alpha value is -1.94. The van der Waals surface area contributed by atoms with Crippen molar-refractivity contribution in [3.05, 3.63) is 59.1 Å². The van der Waals surface area contributed by atoms with Crippen molar-refractivity contribution in [2.75, 3.05) is 13.1 Å². The minimum absolute atomic E-state index is 0.234. The number of hydrogen-bond acceptors (Lipinski definition) is 3. The molecule has 0 saturated carbocycles. The van der Waals surface area contributed by atoms with E-state index in [1.54, 1.807) is 12.4 Å². The average molecular weight is 330 g/mol. The molecule has 1 saturated heterocycles. The van der Waals surface area contributed by atoms with Crippen molar-refractivity contribution in [2.45, 2.75) is 31.6 Å². The average Bonchev–Trinajstić information content (AvgIpc) is 2.62. The van der Waals surface area contributed by atoms with Gasteiger partial charge in [0.25, 0.3) is 0 Å². The van der Waals surface area contributed by atoms with Crippen LogP contribution in [0.4, 0.5) is 0 Å². The fraction of sp³-hybridized carbons (Fsp3) is 0.389. The lowest BCUT2D eigenvalue weighted by Crippen LogP contribution is -2.38. The summed E-state index contributed by atoms with van der Waals surface area (Å²) >= 11 is 5.88. The molecule has 2 aromatic rings. The molecule has 1 aromatic heterocycles. The van der Waals surface area contributed by atoms with Gasteiger partial charge in [-0.1, -0.05) is 23.7 Å². The zero-order valence-corrected chi connectivity index (χ0v) is 13.7. The maximum absolute atomic E-state index is 12.4. The number of amides is 1. The van der Waals surface area contributed by atoms with Crippen LogP contribution in [0.3, 0.4) is 0 Å². The highest BCUT2D eigenvalue weighted by atomic mass is 35.5. The maximum atomic E-state index is 12.4. The van der Waals surface area contributed by atoms with Crippen LogP contribution in [0.15, 0.2) is 42.9 Å². The Bertz CT molecular complexity index is 637. The zero-order valence-electron chi connectivity index (χ0n) is 13.0. The van der Waals surface area contributed by atoms with Crippen molar-refractivity contribution in [1.82, 2.24) is 14.9 Å². The molecular weight excluding hydrogens is 310 g/mol. The number of carbonyl (C=O) groups is 1. The van der Waals surface area contributed by atoms with E-state index < -0.39 is 0 Å². The van der Waals surface area contributed by atoms with Gasteiger partial charge < -0.3 is 4.90 Å². The summed E-state index contributed by atoms with van der Waals surface area (Å²) in [5.74, 6) is 0.654. The molecule has 5 heteroatoms. The molecule has 0 spiro atoms. The molecule has 0 unspecified atom stereocenters. The number of nitrogens with zero attached hydrogens (tertiary/aromatic N) is 3. The first-order chi connectivity index (χ1) is 11.2. The lowest BCUT2D eigenvalue weighted by atomic mass is 9.93. The number of aryl methyl sites for hydroxylation is 1. The monoisotopic (exact) mass is 329 g/mol. The number of rotatable bonds is 4. The Labute approximate surface area is 141 Å². The van der Waals surface area contributed by atoms with Gasteiger partial charge in [-0.25, -0.2) is 0 Å². The largest absolute Gasteiger partial charge is 0.343 e. The molecule has 0 N–H and O–H groups in total. The topological polar surface area (TPSA) is 46.1 Å². The van der Waals surface area contributed by atoms with E-state index in [0.29, 0.717) is 12.3 Å². The predicted octanol–water partition coefficient (Wildman–Crippen LogP) is 3.47. The van der Waals surface area contributed by atoms with Crippen molar-refractivity contribution in [1.29, 1.82) is 0 Å². The minimum atomic E-state index is 0.234. The van der Waals surface area contributed by atoms with Crippen molar-refractivity contribution >= 4 is 17.5 Å². The van der Waals surface area contributed by atoms with Crippen LogP contribution in [-0.4, -0.2) is 33.9 Å². The van der Waals surface area contributed by atoms with Gasteiger partial charge in [-0.05, 0) is 37.0 Å². The van der Waals surface area contributed by atoms with E-state index in [0.717, 1.165) is 48.6 Å². The highest BCUT2D eigenvalue weighted by Gasteiger charge is 2.24. The van der Waals surface area contributed by atoms with Crippen LogP contribution in [0.2, 0.25) is 5.02 Å². The van der Waals surface area contributed by atoms with E-state index in [1.807, 2.05) is 35.4 Å². The van der Waals surface area contributed by atoms with Gasteiger partial charge in [0.05, 0.1) is 5.69 Å². The van der Waals surface area contributed by atoms with Crippen molar-refractivity contribution in [3.8, 4) is 0 Å². The molecule has 23 heavy (non-hydrogen) atoms. The molecule has 0 radical (unpaired) electrons. The SMILES string of the molecule is O=C(CCc1ccc(Cl)cc1)N1CCC(c2cnccn2)CC1. The first kappa shape index (κ1) is 15.9. The number of aromatic nitrogens is 2. The Kier molecular flexibility index (Phi) is 5.23. The Balaban J connectivity index is 1.47. The van der Waals surface area contributed by atoms with Crippen molar-refractivity contribution < 1.29 is 4.79 Å². The summed E-state index contributed by atoms with van der Waals surface area (Å²) in [6, 6.07) is 7.70. The summed E-state index contributed by atoms with van der Waals surface area (Å²) in [5.41, 5.74) is 2.19. The molecule has 1 aromatic carbocycles. The van der Waals surface area contributed by atoms with Crippen LogP contribution in [0.25, 0.3) is 0 Å². The molecule has 1 fully saturated rings. The second-order valence-corrected chi connectivity index (χ2v) is 6.35. The van der Waals surface area contributed by atoms with Gasteiger partial charge in [0, 0.05) is 49.0 Å². The van der Waals surface area contributed by atoms with Crippen LogP contribution in [0, 0.1) is 0 Å². The third-order valence-electron chi connectivity index (χ3n) is 4.39. The van der Waals surface area contributed by atoms with Gasteiger partial charge in [0.15, 0.2) is 0 Å². The van der Waals surface area contributed by atoms with Crippen LogP contribution < -0.4 is 0 Å². The smallest absolute Gasteiger partial charge is 0.222 e. The Morgan fingerprint density at radius 2 is 1.91 bits per heavy atom. The summed E-state index contributed by atoms with van der Waals surface area (Å²) in [5, 5.41) is 0.728. The highest BCUT2D eigenvalue weighted by Crippen LogP contribution is 2.26. The van der Waals surface area contributed by atoms with E-state index in [4.69, 9.17) is 11.6 Å². The molecular formula is C18H20ClN3O. The fourth-order valence-corrected chi connectivity index (χ4v) is 3.13. The summed E-state index contributed by atoms with van der Waals surface area (Å²) in [6.07, 6.45) is 8.51. The van der Waals surface area contributed by atoms with Crippen LogP contribution in [-0.2, 0) is 11.2 Å².